The molecule has 12 heavy (non-hydrogen) atoms. The second-order valence-corrected chi connectivity index (χ2v) is 3.46. The molecule has 0 spiro atoms. The van der Waals surface area contributed by atoms with Gasteiger partial charge in [0.15, 0.2) is 0 Å². The number of thioether (sulfide) groups is 1. The second-order valence-electron chi connectivity index (χ2n) is 2.10. The van der Waals surface area contributed by atoms with E-state index >= 15 is 0 Å². The summed E-state index contributed by atoms with van der Waals surface area (Å²) in [5.41, 5.74) is 0. The molecule has 0 aromatic heterocycles. The molecule has 0 atom stereocenters. The maximum absolute atomic E-state index is 8.48. The fourth-order valence-electron chi connectivity index (χ4n) is 0.705. The largest absolute Gasteiger partial charge is 0.392 e. The van der Waals surface area contributed by atoms with Crippen LogP contribution >= 0.6 is 23.4 Å². The monoisotopic (exact) mass is 200 g/mol. The van der Waals surface area contributed by atoms with Crippen molar-refractivity contribution in [1.29, 1.82) is 0 Å². The zero-order valence-electron chi connectivity index (χ0n) is 6.40. The smallest absolute Gasteiger partial charge is 0.0620 e. The van der Waals surface area contributed by atoms with Gasteiger partial charge >= 0.3 is 0 Å². The Morgan fingerprint density at radius 1 is 1.42 bits per heavy atom. The van der Waals surface area contributed by atoms with Gasteiger partial charge in [-0.3, -0.25) is 0 Å². The standard InChI is InChI=1S/C9H9ClOS/c10-8-4-1-2-5-9(8)12-7-3-6-11/h1-5,7,11H,6H2/b7-3-. The van der Waals surface area contributed by atoms with Crippen LogP contribution in [0.3, 0.4) is 0 Å². The first-order valence-corrected chi connectivity index (χ1v) is 4.77. The number of rotatable bonds is 3. The highest BCUT2D eigenvalue weighted by Crippen LogP contribution is 2.26. The molecule has 0 fully saturated rings. The Morgan fingerprint density at radius 2 is 2.17 bits per heavy atom. The molecular formula is C9H9ClOS. The molecular weight excluding hydrogens is 192 g/mol. The summed E-state index contributed by atoms with van der Waals surface area (Å²) in [5.74, 6) is 0. The molecule has 0 aliphatic rings. The molecule has 1 aromatic rings. The Bertz CT molecular complexity index is 273. The van der Waals surface area contributed by atoms with Crippen molar-refractivity contribution in [2.45, 2.75) is 4.90 Å². The summed E-state index contributed by atoms with van der Waals surface area (Å²) >= 11 is 7.39. The maximum atomic E-state index is 8.48. The van der Waals surface area contributed by atoms with Gasteiger partial charge in [0.05, 0.1) is 11.6 Å². The zero-order valence-corrected chi connectivity index (χ0v) is 7.98. The molecule has 0 aliphatic carbocycles. The summed E-state index contributed by atoms with van der Waals surface area (Å²) in [6, 6.07) is 7.61. The lowest BCUT2D eigenvalue weighted by molar-refractivity contribution is 0.343. The summed E-state index contributed by atoms with van der Waals surface area (Å²) in [5, 5.41) is 11.0. The third kappa shape index (κ3) is 2.89. The normalized spacial score (nSPS) is 10.8. The highest BCUT2D eigenvalue weighted by atomic mass is 35.5. The van der Waals surface area contributed by atoms with Gasteiger partial charge in [-0.15, -0.1) is 0 Å². The lowest BCUT2D eigenvalue weighted by Gasteiger charge is -1.97. The minimum absolute atomic E-state index is 0.0669. The Hall–Kier alpha value is -0.440. The summed E-state index contributed by atoms with van der Waals surface area (Å²) in [4.78, 5) is 1.00. The molecule has 1 nitrogen and oxygen atoms in total. The number of hydrogen-bond acceptors (Lipinski definition) is 2. The SMILES string of the molecule is OC/C=C\Sc1ccccc1Cl. The average Bonchev–Trinajstić information content (AvgIpc) is 2.09. The van der Waals surface area contributed by atoms with Crippen LogP contribution in [0, 0.1) is 0 Å². The van der Waals surface area contributed by atoms with Crippen LogP contribution in [-0.4, -0.2) is 11.7 Å². The minimum Gasteiger partial charge on any atom is -0.392 e. The summed E-state index contributed by atoms with van der Waals surface area (Å²) in [6.45, 7) is 0.0669. The third-order valence-corrected chi connectivity index (χ3v) is 2.61. The number of halogens is 1. The van der Waals surface area contributed by atoms with E-state index in [1.165, 1.54) is 11.8 Å². The molecule has 64 valence electrons. The van der Waals surface area contributed by atoms with Gasteiger partial charge in [-0.2, -0.15) is 0 Å². The molecule has 0 unspecified atom stereocenters. The van der Waals surface area contributed by atoms with Crippen LogP contribution in [0.2, 0.25) is 5.02 Å². The van der Waals surface area contributed by atoms with Crippen molar-refractivity contribution in [2.24, 2.45) is 0 Å². The van der Waals surface area contributed by atoms with E-state index < -0.39 is 0 Å². The Morgan fingerprint density at radius 3 is 2.83 bits per heavy atom. The number of benzene rings is 1. The summed E-state index contributed by atoms with van der Waals surface area (Å²) in [7, 11) is 0. The molecule has 0 heterocycles. The predicted molar refractivity (Wildman–Crippen MR) is 53.5 cm³/mol. The Labute approximate surface area is 81.1 Å². The number of hydrogen-bond donors (Lipinski definition) is 1. The first-order chi connectivity index (χ1) is 5.84. The van der Waals surface area contributed by atoms with Crippen LogP contribution in [0.25, 0.3) is 0 Å². The third-order valence-electron chi connectivity index (χ3n) is 1.23. The van der Waals surface area contributed by atoms with Crippen molar-refractivity contribution < 1.29 is 5.11 Å². The van der Waals surface area contributed by atoms with Crippen molar-refractivity contribution in [1.82, 2.24) is 0 Å². The minimum atomic E-state index is 0.0669. The summed E-state index contributed by atoms with van der Waals surface area (Å²) in [6.07, 6.45) is 1.67. The van der Waals surface area contributed by atoms with Crippen LogP contribution in [-0.2, 0) is 0 Å². The van der Waals surface area contributed by atoms with Gasteiger partial charge in [-0.1, -0.05) is 41.6 Å². The highest BCUT2D eigenvalue weighted by Gasteiger charge is 1.94. The Balaban J connectivity index is 2.63. The van der Waals surface area contributed by atoms with Crippen LogP contribution in [0.4, 0.5) is 0 Å². The quantitative estimate of drug-likeness (QED) is 0.758. The van der Waals surface area contributed by atoms with Gasteiger partial charge in [0.2, 0.25) is 0 Å². The van der Waals surface area contributed by atoms with Gasteiger partial charge in [-0.05, 0) is 17.5 Å². The van der Waals surface area contributed by atoms with Gasteiger partial charge in [0.25, 0.3) is 0 Å². The van der Waals surface area contributed by atoms with Crippen LogP contribution in [0.1, 0.15) is 0 Å². The first-order valence-electron chi connectivity index (χ1n) is 3.51. The molecule has 1 rings (SSSR count). The van der Waals surface area contributed by atoms with Crippen LogP contribution in [0.15, 0.2) is 40.6 Å². The van der Waals surface area contributed by atoms with Crippen molar-refractivity contribution in [3.8, 4) is 0 Å². The zero-order chi connectivity index (χ0) is 8.81. The van der Waals surface area contributed by atoms with E-state index in [1.54, 1.807) is 6.08 Å². The Kier molecular flexibility index (Phi) is 4.22. The molecule has 0 radical (unpaired) electrons. The number of aliphatic hydroxyl groups excluding tert-OH is 1. The molecule has 0 aliphatic heterocycles. The van der Waals surface area contributed by atoms with Crippen molar-refractivity contribution >= 4 is 23.4 Å². The molecule has 1 aromatic carbocycles. The molecule has 3 heteroatoms. The fraction of sp³-hybridized carbons (Fsp3) is 0.111. The van der Waals surface area contributed by atoms with Gasteiger partial charge < -0.3 is 5.11 Å². The second kappa shape index (κ2) is 5.25. The topological polar surface area (TPSA) is 20.2 Å². The van der Waals surface area contributed by atoms with Gasteiger partial charge in [0.1, 0.15) is 0 Å². The van der Waals surface area contributed by atoms with Crippen molar-refractivity contribution in [3.05, 3.63) is 40.8 Å². The van der Waals surface area contributed by atoms with Crippen LogP contribution in [0.5, 0.6) is 0 Å². The van der Waals surface area contributed by atoms with Gasteiger partial charge in [0, 0.05) is 4.90 Å². The first kappa shape index (κ1) is 9.65. The predicted octanol–water partition coefficient (Wildman–Crippen LogP) is 2.94. The van der Waals surface area contributed by atoms with E-state index in [9.17, 15) is 0 Å². The fourth-order valence-corrected chi connectivity index (χ4v) is 1.64. The lowest BCUT2D eigenvalue weighted by Crippen LogP contribution is -1.71. The van der Waals surface area contributed by atoms with Crippen molar-refractivity contribution in [3.63, 3.8) is 0 Å². The molecule has 0 saturated carbocycles. The molecule has 0 bridgehead atoms. The maximum Gasteiger partial charge on any atom is 0.0620 e. The number of aliphatic hydroxyl groups is 1. The van der Waals surface area contributed by atoms with Crippen molar-refractivity contribution in [2.75, 3.05) is 6.61 Å². The molecule has 1 N–H and O–H groups in total. The average molecular weight is 201 g/mol. The molecule has 0 saturated heterocycles. The van der Waals surface area contributed by atoms with E-state index in [-0.39, 0.29) is 6.61 Å². The highest BCUT2D eigenvalue weighted by molar-refractivity contribution is 8.02. The van der Waals surface area contributed by atoms with Crippen LogP contribution < -0.4 is 0 Å². The van der Waals surface area contributed by atoms with E-state index in [2.05, 4.69) is 0 Å². The van der Waals surface area contributed by atoms with E-state index in [4.69, 9.17) is 16.7 Å². The summed E-state index contributed by atoms with van der Waals surface area (Å²) < 4.78 is 0. The lowest BCUT2D eigenvalue weighted by atomic mass is 10.4. The molecule has 0 amide bonds. The van der Waals surface area contributed by atoms with Gasteiger partial charge in [-0.25, -0.2) is 0 Å². The van der Waals surface area contributed by atoms with E-state index in [0.717, 1.165) is 9.92 Å². The van der Waals surface area contributed by atoms with E-state index in [0.29, 0.717) is 0 Å². The van der Waals surface area contributed by atoms with E-state index in [1.807, 2.05) is 29.7 Å².